The molecule has 1 atom stereocenters. The fourth-order valence-electron chi connectivity index (χ4n) is 1.49. The monoisotopic (exact) mass is 312 g/mol. The molecule has 0 fully saturated rings. The molecule has 0 aliphatic rings. The average molecular weight is 312 g/mol. The van der Waals surface area contributed by atoms with Crippen LogP contribution in [-0.4, -0.2) is 10.8 Å². The molecule has 0 aliphatic heterocycles. The molecule has 0 bridgehead atoms. The molecule has 0 aromatic heterocycles. The number of nitrogens with zero attached hydrogens (tertiary/aromatic N) is 1. The third-order valence-electron chi connectivity index (χ3n) is 2.54. The summed E-state index contributed by atoms with van der Waals surface area (Å²) >= 11 is 4.94. The standard InChI is InChI=1S/C14H11F3N2OS/c1-2-3-12(20)11(8-18)13(21)19-10-6-4-9(5-7-10)14(15,16)17/h2,4-7,11H,1,3H2,(H,19,21). The Hall–Kier alpha value is -2.20. The van der Waals surface area contributed by atoms with Crippen molar-refractivity contribution < 1.29 is 18.0 Å². The van der Waals surface area contributed by atoms with Crippen LogP contribution in [-0.2, 0) is 11.0 Å². The topological polar surface area (TPSA) is 52.9 Å². The van der Waals surface area contributed by atoms with Crippen molar-refractivity contribution in [3.05, 3.63) is 42.5 Å². The van der Waals surface area contributed by atoms with Gasteiger partial charge in [-0.3, -0.25) is 4.79 Å². The van der Waals surface area contributed by atoms with Gasteiger partial charge in [-0.25, -0.2) is 0 Å². The van der Waals surface area contributed by atoms with Crippen LogP contribution in [0, 0.1) is 17.2 Å². The second kappa shape index (κ2) is 6.99. The Morgan fingerprint density at radius 2 is 2.00 bits per heavy atom. The third kappa shape index (κ3) is 4.68. The number of ketones is 1. The quantitative estimate of drug-likeness (QED) is 0.665. The van der Waals surface area contributed by atoms with Gasteiger partial charge in [-0.15, -0.1) is 6.58 Å². The van der Waals surface area contributed by atoms with E-state index in [0.717, 1.165) is 12.1 Å². The number of thiocarbonyl (C=S) groups is 1. The number of nitrogens with one attached hydrogen (secondary N) is 1. The van der Waals surface area contributed by atoms with Crippen LogP contribution in [0.5, 0.6) is 0 Å². The number of nitriles is 1. The number of halogens is 3. The maximum Gasteiger partial charge on any atom is 0.416 e. The van der Waals surface area contributed by atoms with Gasteiger partial charge >= 0.3 is 6.18 Å². The van der Waals surface area contributed by atoms with Crippen LogP contribution < -0.4 is 5.32 Å². The van der Waals surface area contributed by atoms with Crippen LogP contribution >= 0.6 is 12.2 Å². The molecule has 1 unspecified atom stereocenters. The van der Waals surface area contributed by atoms with E-state index in [9.17, 15) is 18.0 Å². The molecular formula is C14H11F3N2OS. The van der Waals surface area contributed by atoms with E-state index < -0.39 is 23.4 Å². The molecule has 110 valence electrons. The highest BCUT2D eigenvalue weighted by Gasteiger charge is 2.30. The van der Waals surface area contributed by atoms with E-state index in [1.54, 1.807) is 6.07 Å². The van der Waals surface area contributed by atoms with Gasteiger partial charge in [0.25, 0.3) is 0 Å². The third-order valence-corrected chi connectivity index (χ3v) is 2.88. The molecule has 0 heterocycles. The van der Waals surface area contributed by atoms with Gasteiger partial charge in [0.15, 0.2) is 11.7 Å². The minimum Gasteiger partial charge on any atom is -0.349 e. The minimum atomic E-state index is -4.42. The van der Waals surface area contributed by atoms with Gasteiger partial charge in [0, 0.05) is 12.1 Å². The molecule has 1 rings (SSSR count). The first-order valence-electron chi connectivity index (χ1n) is 5.81. The number of anilines is 1. The van der Waals surface area contributed by atoms with E-state index in [0.29, 0.717) is 0 Å². The lowest BCUT2D eigenvalue weighted by Gasteiger charge is -2.12. The molecule has 1 N–H and O–H groups in total. The van der Waals surface area contributed by atoms with E-state index in [4.69, 9.17) is 17.5 Å². The van der Waals surface area contributed by atoms with Gasteiger partial charge < -0.3 is 5.32 Å². The molecule has 0 radical (unpaired) electrons. The summed E-state index contributed by atoms with van der Waals surface area (Å²) in [4.78, 5) is 11.6. The molecule has 0 saturated carbocycles. The minimum absolute atomic E-state index is 0.00689. The normalized spacial score (nSPS) is 12.1. The summed E-state index contributed by atoms with van der Waals surface area (Å²) in [5.41, 5.74) is -0.516. The number of allylic oxidation sites excluding steroid dienone is 1. The number of hydrogen-bond donors (Lipinski definition) is 1. The number of rotatable bonds is 5. The summed E-state index contributed by atoms with van der Waals surface area (Å²) in [5.74, 6) is -1.57. The van der Waals surface area contributed by atoms with Crippen LogP contribution in [0.3, 0.4) is 0 Å². The van der Waals surface area contributed by atoms with E-state index in [-0.39, 0.29) is 17.1 Å². The van der Waals surface area contributed by atoms with Crippen molar-refractivity contribution in [3.63, 3.8) is 0 Å². The lowest BCUT2D eigenvalue weighted by Crippen LogP contribution is -2.26. The summed E-state index contributed by atoms with van der Waals surface area (Å²) < 4.78 is 37.2. The lowest BCUT2D eigenvalue weighted by molar-refractivity contribution is -0.137. The number of alkyl halides is 3. The molecule has 1 aromatic rings. The summed E-state index contributed by atoms with van der Waals surface area (Å²) in [6, 6.07) is 5.90. The zero-order valence-electron chi connectivity index (χ0n) is 10.8. The van der Waals surface area contributed by atoms with Gasteiger partial charge in [0.05, 0.1) is 11.6 Å². The molecule has 21 heavy (non-hydrogen) atoms. The summed E-state index contributed by atoms with van der Waals surface area (Å²) in [6.45, 7) is 3.39. The highest BCUT2D eigenvalue weighted by Crippen LogP contribution is 2.29. The Bertz CT molecular complexity index is 588. The molecule has 0 spiro atoms. The summed E-state index contributed by atoms with van der Waals surface area (Å²) in [7, 11) is 0. The van der Waals surface area contributed by atoms with Crippen LogP contribution in [0.1, 0.15) is 12.0 Å². The van der Waals surface area contributed by atoms with Crippen molar-refractivity contribution in [2.24, 2.45) is 5.92 Å². The van der Waals surface area contributed by atoms with E-state index >= 15 is 0 Å². The zero-order chi connectivity index (χ0) is 16.0. The molecular weight excluding hydrogens is 301 g/mol. The first-order valence-corrected chi connectivity index (χ1v) is 6.21. The fraction of sp³-hybridized carbons (Fsp3) is 0.214. The molecule has 0 aliphatic carbocycles. The van der Waals surface area contributed by atoms with E-state index in [2.05, 4.69) is 11.9 Å². The van der Waals surface area contributed by atoms with Gasteiger partial charge in [-0.05, 0) is 24.3 Å². The Morgan fingerprint density at radius 3 is 2.43 bits per heavy atom. The van der Waals surface area contributed by atoms with Crippen LogP contribution in [0.25, 0.3) is 0 Å². The molecule has 0 amide bonds. The molecule has 3 nitrogen and oxygen atoms in total. The number of hydrogen-bond acceptors (Lipinski definition) is 3. The van der Waals surface area contributed by atoms with Crippen molar-refractivity contribution in [3.8, 4) is 6.07 Å². The van der Waals surface area contributed by atoms with Gasteiger partial charge in [0.2, 0.25) is 0 Å². The number of benzene rings is 1. The van der Waals surface area contributed by atoms with Gasteiger partial charge in [-0.1, -0.05) is 18.3 Å². The highest BCUT2D eigenvalue weighted by molar-refractivity contribution is 7.80. The van der Waals surface area contributed by atoms with E-state index in [1.165, 1.54) is 18.2 Å². The summed E-state index contributed by atoms with van der Waals surface area (Å²) in [6.07, 6.45) is -3.07. The van der Waals surface area contributed by atoms with Gasteiger partial charge in [0.1, 0.15) is 4.99 Å². The average Bonchev–Trinajstić information content (AvgIpc) is 2.39. The van der Waals surface area contributed by atoms with Crippen molar-refractivity contribution in [1.29, 1.82) is 5.26 Å². The maximum absolute atomic E-state index is 12.4. The van der Waals surface area contributed by atoms with E-state index in [1.807, 2.05) is 0 Å². The number of carbonyl (C=O) groups excluding carboxylic acids is 1. The second-order valence-corrected chi connectivity index (χ2v) is 4.53. The number of carbonyl (C=O) groups is 1. The largest absolute Gasteiger partial charge is 0.416 e. The van der Waals surface area contributed by atoms with Crippen molar-refractivity contribution in [1.82, 2.24) is 0 Å². The van der Waals surface area contributed by atoms with Gasteiger partial charge in [-0.2, -0.15) is 18.4 Å². The molecule has 1 aromatic carbocycles. The predicted octanol–water partition coefficient (Wildman–Crippen LogP) is 3.73. The first kappa shape index (κ1) is 16.9. The second-order valence-electron chi connectivity index (χ2n) is 4.09. The number of Topliss-reactive ketones (excluding diaryl/α,β-unsaturated/α-hetero) is 1. The van der Waals surface area contributed by atoms with Crippen molar-refractivity contribution in [2.75, 3.05) is 5.32 Å². The Morgan fingerprint density at radius 1 is 1.43 bits per heavy atom. The van der Waals surface area contributed by atoms with Crippen molar-refractivity contribution in [2.45, 2.75) is 12.6 Å². The smallest absolute Gasteiger partial charge is 0.349 e. The van der Waals surface area contributed by atoms with Crippen LogP contribution in [0.2, 0.25) is 0 Å². The SMILES string of the molecule is C=CCC(=O)C(C#N)C(=S)Nc1ccc(C(F)(F)F)cc1. The fourth-order valence-corrected chi connectivity index (χ4v) is 1.80. The Balaban J connectivity index is 2.81. The molecule has 0 saturated heterocycles. The Kier molecular flexibility index (Phi) is 5.61. The zero-order valence-corrected chi connectivity index (χ0v) is 11.6. The maximum atomic E-state index is 12.4. The Labute approximate surface area is 125 Å². The van der Waals surface area contributed by atoms with Crippen molar-refractivity contribution >= 4 is 28.7 Å². The first-order chi connectivity index (χ1) is 9.79. The highest BCUT2D eigenvalue weighted by atomic mass is 32.1. The predicted molar refractivity (Wildman–Crippen MR) is 76.6 cm³/mol. The van der Waals surface area contributed by atoms with Crippen LogP contribution in [0.4, 0.5) is 18.9 Å². The van der Waals surface area contributed by atoms with Crippen LogP contribution in [0.15, 0.2) is 36.9 Å². The summed E-state index contributed by atoms with van der Waals surface area (Å²) in [5, 5.41) is 11.5. The lowest BCUT2D eigenvalue weighted by atomic mass is 10.0. The molecule has 7 heteroatoms.